The lowest BCUT2D eigenvalue weighted by Crippen LogP contribution is -2.00. The Morgan fingerprint density at radius 3 is 2.81 bits per heavy atom. The number of phenolic OH excluding ortho intramolecular Hbond substituents is 1. The minimum Gasteiger partial charge on any atom is -0.508 e. The van der Waals surface area contributed by atoms with Crippen molar-refractivity contribution in [2.45, 2.75) is 24.4 Å². The summed E-state index contributed by atoms with van der Waals surface area (Å²) < 4.78 is 3.73. The van der Waals surface area contributed by atoms with Gasteiger partial charge in [0.05, 0.1) is 12.0 Å². The molecule has 2 heterocycles. The molecule has 0 spiro atoms. The van der Waals surface area contributed by atoms with Crippen molar-refractivity contribution >= 4 is 11.8 Å². The van der Waals surface area contributed by atoms with Crippen LogP contribution >= 0.6 is 11.8 Å². The summed E-state index contributed by atoms with van der Waals surface area (Å²) in [4.78, 5) is 4.15. The molecule has 108 valence electrons. The zero-order chi connectivity index (χ0) is 14.7. The smallest absolute Gasteiger partial charge is 0.214 e. The Kier molecular flexibility index (Phi) is 3.87. The second kappa shape index (κ2) is 5.96. The topological polar surface area (TPSA) is 81.7 Å². The Bertz CT molecular complexity index is 720. The highest BCUT2D eigenvalue weighted by molar-refractivity contribution is 7.98. The Morgan fingerprint density at radius 1 is 1.24 bits per heavy atom. The quantitative estimate of drug-likeness (QED) is 0.725. The lowest BCUT2D eigenvalue weighted by atomic mass is 10.3. The van der Waals surface area contributed by atoms with E-state index in [0.29, 0.717) is 5.16 Å². The first-order valence-corrected chi connectivity index (χ1v) is 7.46. The van der Waals surface area contributed by atoms with Crippen LogP contribution in [-0.2, 0) is 12.3 Å². The Morgan fingerprint density at radius 2 is 2.05 bits per heavy atom. The minimum absolute atomic E-state index is 0.216. The van der Waals surface area contributed by atoms with Gasteiger partial charge in [-0.05, 0) is 41.6 Å². The standard InChI is InChI=1S/C13H14N6OS/c1-2-18-9-14-7-11(18)8-21-13-15-16-17-19(13)10-3-5-12(20)6-4-10/h3-7,9,20H,2,8H2,1H3. The van der Waals surface area contributed by atoms with Crippen molar-refractivity contribution in [2.24, 2.45) is 0 Å². The van der Waals surface area contributed by atoms with E-state index in [1.807, 2.05) is 12.5 Å². The van der Waals surface area contributed by atoms with Gasteiger partial charge in [-0.25, -0.2) is 4.98 Å². The Hall–Kier alpha value is -2.35. The molecule has 0 saturated carbocycles. The minimum atomic E-state index is 0.216. The molecule has 1 N–H and O–H groups in total. The maximum Gasteiger partial charge on any atom is 0.214 e. The molecule has 0 aliphatic rings. The van der Waals surface area contributed by atoms with Crippen LogP contribution in [0.15, 0.2) is 41.9 Å². The van der Waals surface area contributed by atoms with E-state index in [2.05, 4.69) is 32.0 Å². The molecule has 0 atom stereocenters. The number of rotatable bonds is 5. The molecule has 2 aromatic heterocycles. The zero-order valence-corrected chi connectivity index (χ0v) is 12.2. The number of hydrogen-bond acceptors (Lipinski definition) is 6. The highest BCUT2D eigenvalue weighted by Crippen LogP contribution is 2.23. The molecule has 0 aliphatic carbocycles. The number of nitrogens with zero attached hydrogens (tertiary/aromatic N) is 6. The lowest BCUT2D eigenvalue weighted by Gasteiger charge is -2.06. The molecule has 1 aromatic carbocycles. The second-order valence-electron chi connectivity index (χ2n) is 4.35. The molecule has 3 rings (SSSR count). The van der Waals surface area contributed by atoms with E-state index >= 15 is 0 Å². The zero-order valence-electron chi connectivity index (χ0n) is 11.4. The van der Waals surface area contributed by atoms with Crippen LogP contribution < -0.4 is 0 Å². The van der Waals surface area contributed by atoms with E-state index in [-0.39, 0.29) is 5.75 Å². The summed E-state index contributed by atoms with van der Waals surface area (Å²) >= 11 is 1.54. The van der Waals surface area contributed by atoms with Gasteiger partial charge in [0.25, 0.3) is 0 Å². The highest BCUT2D eigenvalue weighted by atomic mass is 32.2. The van der Waals surface area contributed by atoms with Gasteiger partial charge in [-0.2, -0.15) is 4.68 Å². The number of aryl methyl sites for hydroxylation is 1. The fourth-order valence-electron chi connectivity index (χ4n) is 1.92. The molecule has 0 radical (unpaired) electrons. The van der Waals surface area contributed by atoms with Gasteiger partial charge in [0.1, 0.15) is 5.75 Å². The first-order chi connectivity index (χ1) is 10.3. The monoisotopic (exact) mass is 302 g/mol. The molecule has 0 fully saturated rings. The molecule has 0 unspecified atom stereocenters. The summed E-state index contributed by atoms with van der Waals surface area (Å²) in [7, 11) is 0. The van der Waals surface area contributed by atoms with Gasteiger partial charge in [0, 0.05) is 24.2 Å². The number of tetrazole rings is 1. The summed E-state index contributed by atoms with van der Waals surface area (Å²) in [5.74, 6) is 0.958. The largest absolute Gasteiger partial charge is 0.508 e. The van der Waals surface area contributed by atoms with Gasteiger partial charge in [-0.1, -0.05) is 11.8 Å². The third-order valence-electron chi connectivity index (χ3n) is 3.02. The number of aromatic hydroxyl groups is 1. The van der Waals surface area contributed by atoms with Gasteiger partial charge >= 0.3 is 0 Å². The maximum atomic E-state index is 9.33. The van der Waals surface area contributed by atoms with Crippen LogP contribution in [0, 0.1) is 0 Å². The number of imidazole rings is 1. The molecule has 8 heteroatoms. The van der Waals surface area contributed by atoms with E-state index in [9.17, 15) is 5.11 Å². The first kappa shape index (κ1) is 13.6. The van der Waals surface area contributed by atoms with E-state index in [4.69, 9.17) is 0 Å². The number of benzene rings is 1. The van der Waals surface area contributed by atoms with Gasteiger partial charge in [-0.15, -0.1) is 5.10 Å². The van der Waals surface area contributed by atoms with E-state index in [0.717, 1.165) is 23.7 Å². The molecule has 0 amide bonds. The van der Waals surface area contributed by atoms with Crippen LogP contribution in [0.2, 0.25) is 0 Å². The van der Waals surface area contributed by atoms with Crippen LogP contribution in [-0.4, -0.2) is 34.9 Å². The first-order valence-electron chi connectivity index (χ1n) is 6.47. The summed E-state index contributed by atoms with van der Waals surface area (Å²) in [6.07, 6.45) is 3.67. The Labute approximate surface area is 125 Å². The summed E-state index contributed by atoms with van der Waals surface area (Å²) in [6, 6.07) is 6.76. The number of hydrogen-bond donors (Lipinski definition) is 1. The highest BCUT2D eigenvalue weighted by Gasteiger charge is 2.10. The predicted molar refractivity (Wildman–Crippen MR) is 78.3 cm³/mol. The normalized spacial score (nSPS) is 10.9. The third kappa shape index (κ3) is 2.89. The average Bonchev–Trinajstić information content (AvgIpc) is 3.14. The van der Waals surface area contributed by atoms with Gasteiger partial charge in [-0.3, -0.25) is 0 Å². The van der Waals surface area contributed by atoms with Crippen LogP contribution in [0.4, 0.5) is 0 Å². The summed E-state index contributed by atoms with van der Waals surface area (Å²) in [5.41, 5.74) is 1.94. The third-order valence-corrected chi connectivity index (χ3v) is 3.98. The predicted octanol–water partition coefficient (Wildman–Crippen LogP) is 1.88. The molecule has 21 heavy (non-hydrogen) atoms. The molecular weight excluding hydrogens is 288 g/mol. The maximum absolute atomic E-state index is 9.33. The number of phenols is 1. The molecular formula is C13H14N6OS. The van der Waals surface area contributed by atoms with Crippen molar-refractivity contribution in [3.05, 3.63) is 42.5 Å². The van der Waals surface area contributed by atoms with Crippen molar-refractivity contribution in [2.75, 3.05) is 0 Å². The number of aromatic nitrogens is 6. The van der Waals surface area contributed by atoms with Crippen LogP contribution in [0.1, 0.15) is 12.6 Å². The van der Waals surface area contributed by atoms with E-state index in [1.54, 1.807) is 40.7 Å². The van der Waals surface area contributed by atoms with E-state index < -0.39 is 0 Å². The van der Waals surface area contributed by atoms with Crippen molar-refractivity contribution in [1.29, 1.82) is 0 Å². The van der Waals surface area contributed by atoms with Crippen molar-refractivity contribution in [3.63, 3.8) is 0 Å². The fraction of sp³-hybridized carbons (Fsp3) is 0.231. The van der Waals surface area contributed by atoms with Crippen LogP contribution in [0.3, 0.4) is 0 Å². The Balaban J connectivity index is 1.78. The lowest BCUT2D eigenvalue weighted by molar-refractivity contribution is 0.475. The molecule has 0 bridgehead atoms. The molecule has 0 aliphatic heterocycles. The second-order valence-corrected chi connectivity index (χ2v) is 5.29. The molecule has 3 aromatic rings. The van der Waals surface area contributed by atoms with Crippen molar-refractivity contribution < 1.29 is 5.11 Å². The summed E-state index contributed by atoms with van der Waals surface area (Å²) in [5, 5.41) is 21.8. The molecule has 7 nitrogen and oxygen atoms in total. The summed E-state index contributed by atoms with van der Waals surface area (Å²) in [6.45, 7) is 2.97. The van der Waals surface area contributed by atoms with Crippen LogP contribution in [0.5, 0.6) is 5.75 Å². The van der Waals surface area contributed by atoms with Crippen molar-refractivity contribution in [3.8, 4) is 11.4 Å². The van der Waals surface area contributed by atoms with E-state index in [1.165, 1.54) is 0 Å². The SMILES string of the molecule is CCn1cncc1CSc1nnnn1-c1ccc(O)cc1. The van der Waals surface area contributed by atoms with Crippen LogP contribution in [0.25, 0.3) is 5.69 Å². The van der Waals surface area contributed by atoms with Gasteiger partial charge < -0.3 is 9.67 Å². The van der Waals surface area contributed by atoms with Gasteiger partial charge in [0.15, 0.2) is 0 Å². The van der Waals surface area contributed by atoms with Gasteiger partial charge in [0.2, 0.25) is 5.16 Å². The average molecular weight is 302 g/mol. The molecule has 0 saturated heterocycles. The number of thioether (sulfide) groups is 1. The van der Waals surface area contributed by atoms with Crippen molar-refractivity contribution in [1.82, 2.24) is 29.8 Å². The fourth-order valence-corrected chi connectivity index (χ4v) is 2.79.